The van der Waals surface area contributed by atoms with E-state index >= 15 is 0 Å². The first-order chi connectivity index (χ1) is 20.3. The predicted octanol–water partition coefficient (Wildman–Crippen LogP) is 9.90. The van der Waals surface area contributed by atoms with Crippen LogP contribution in [0, 0.1) is 0 Å². The van der Waals surface area contributed by atoms with E-state index in [0.29, 0.717) is 31.4 Å². The first-order valence-corrected chi connectivity index (χ1v) is 13.3. The lowest BCUT2D eigenvalue weighted by atomic mass is 10.0. The molecule has 0 aliphatic rings. The fourth-order valence-corrected chi connectivity index (χ4v) is 3.26. The summed E-state index contributed by atoms with van der Waals surface area (Å²) in [6.07, 6.45) is -3.53. The number of ether oxygens (including phenoxy) is 3. The van der Waals surface area contributed by atoms with Crippen molar-refractivity contribution in [1.29, 1.82) is 0 Å². The molecule has 252 valence electrons. The molecule has 0 unspecified atom stereocenters. The Morgan fingerprint density at radius 2 is 1.16 bits per heavy atom. The molecule has 7 nitrogen and oxygen atoms in total. The van der Waals surface area contributed by atoms with E-state index in [1.165, 1.54) is 0 Å². The number of hydrogen-bond acceptors (Lipinski definition) is 5. The van der Waals surface area contributed by atoms with Crippen LogP contribution in [-0.4, -0.2) is 49.3 Å². The highest BCUT2D eigenvalue weighted by Gasteiger charge is 2.83. The highest BCUT2D eigenvalue weighted by atomic mass is 19.4. The first kappa shape index (κ1) is 38.6. The molecule has 0 atom stereocenters. The van der Waals surface area contributed by atoms with Gasteiger partial charge < -0.3 is 14.2 Å². The number of allylic oxidation sites excluding steroid dienone is 1. The van der Waals surface area contributed by atoms with Crippen LogP contribution in [0.1, 0.15) is 65.2 Å². The minimum Gasteiger partial charge on any atom is -0.449 e. The minimum atomic E-state index is -7.48. The summed E-state index contributed by atoms with van der Waals surface area (Å²) in [5.41, 5.74) is -0.816. The molecule has 1 rings (SSSR count). The summed E-state index contributed by atoms with van der Waals surface area (Å²) < 4.78 is 160. The topological polar surface area (TPSA) is 85.9 Å². The lowest BCUT2D eigenvalue weighted by Crippen LogP contribution is -2.61. The number of benzene rings is 1. The van der Waals surface area contributed by atoms with E-state index in [1.54, 1.807) is 0 Å². The number of halogens is 11. The standard InChI is InChI=1S/C26H31F11N2O5/c1-3-5-7-9-13-42-21(40)38-17-12-11-16(15-18(17)39-22(41)43-14-10-8-6-4-2)44-20(28)19(27)23(29,30)24(31,32)25(33,34)26(35,36)37/h11-12,15H,3-10,13-14H2,1-2H3,(H,38,40)(H,39,41). The highest BCUT2D eigenvalue weighted by molar-refractivity contribution is 5.95. The number of rotatable bonds is 17. The van der Waals surface area contributed by atoms with E-state index in [4.69, 9.17) is 9.47 Å². The van der Waals surface area contributed by atoms with E-state index in [9.17, 15) is 57.9 Å². The molecular formula is C26H31F11N2O5. The Morgan fingerprint density at radius 1 is 0.682 bits per heavy atom. The largest absolute Gasteiger partial charge is 0.460 e. The van der Waals surface area contributed by atoms with Crippen molar-refractivity contribution < 1.29 is 72.1 Å². The Hall–Kier alpha value is -3.47. The SMILES string of the molecule is CCCCCCOC(=O)Nc1ccc(OC(F)=C(F)C(F)(F)C(F)(F)C(F)(F)C(F)(F)F)cc1NC(=O)OCCCCCC. The lowest BCUT2D eigenvalue weighted by molar-refractivity contribution is -0.392. The number of carbonyl (C=O) groups excluding carboxylic acids is 2. The maximum Gasteiger partial charge on any atom is 0.460 e. The van der Waals surface area contributed by atoms with Crippen LogP contribution in [0.5, 0.6) is 5.75 Å². The zero-order chi connectivity index (χ0) is 33.8. The molecule has 0 bridgehead atoms. The number of unbranched alkanes of at least 4 members (excludes halogenated alkanes) is 6. The summed E-state index contributed by atoms with van der Waals surface area (Å²) in [6, 6.07) is -1.32. The zero-order valence-electron chi connectivity index (χ0n) is 23.5. The average Bonchev–Trinajstić information content (AvgIpc) is 2.92. The summed E-state index contributed by atoms with van der Waals surface area (Å²) in [5, 5.41) is 4.28. The van der Waals surface area contributed by atoms with E-state index in [0.717, 1.165) is 38.2 Å². The molecule has 0 aliphatic heterocycles. The Bertz CT molecular complexity index is 1130. The van der Waals surface area contributed by atoms with E-state index in [1.807, 2.05) is 13.8 Å². The molecule has 44 heavy (non-hydrogen) atoms. The molecule has 2 amide bonds. The predicted molar refractivity (Wildman–Crippen MR) is 135 cm³/mol. The number of anilines is 2. The van der Waals surface area contributed by atoms with Gasteiger partial charge >= 0.3 is 42.1 Å². The second kappa shape index (κ2) is 16.6. The van der Waals surface area contributed by atoms with E-state index < -0.39 is 59.4 Å². The van der Waals surface area contributed by atoms with Gasteiger partial charge in [-0.25, -0.2) is 9.59 Å². The third-order valence-corrected chi connectivity index (χ3v) is 5.73. The molecule has 0 fully saturated rings. The van der Waals surface area contributed by atoms with Crippen LogP contribution in [0.2, 0.25) is 0 Å². The van der Waals surface area contributed by atoms with E-state index in [2.05, 4.69) is 15.4 Å². The van der Waals surface area contributed by atoms with Crippen LogP contribution >= 0.6 is 0 Å². The molecule has 0 radical (unpaired) electrons. The van der Waals surface area contributed by atoms with Gasteiger partial charge in [-0.1, -0.05) is 52.4 Å². The molecular weight excluding hydrogens is 629 g/mol. The Balaban J connectivity index is 3.26. The van der Waals surface area contributed by atoms with Gasteiger partial charge in [0.25, 0.3) is 0 Å². The van der Waals surface area contributed by atoms with Crippen molar-refractivity contribution in [2.45, 2.75) is 89.2 Å². The second-order valence-electron chi connectivity index (χ2n) is 9.26. The van der Waals surface area contributed by atoms with Crippen LogP contribution in [0.15, 0.2) is 30.0 Å². The normalized spacial score (nSPS) is 13.2. The Labute approximate surface area is 245 Å². The third-order valence-electron chi connectivity index (χ3n) is 5.73. The second-order valence-corrected chi connectivity index (χ2v) is 9.26. The van der Waals surface area contributed by atoms with Gasteiger partial charge in [-0.05, 0) is 25.0 Å². The molecule has 1 aromatic rings. The fourth-order valence-electron chi connectivity index (χ4n) is 3.26. The maximum absolute atomic E-state index is 14.1. The van der Waals surface area contributed by atoms with Crippen molar-refractivity contribution in [3.05, 3.63) is 30.0 Å². The highest BCUT2D eigenvalue weighted by Crippen LogP contribution is 2.55. The zero-order valence-corrected chi connectivity index (χ0v) is 23.5. The van der Waals surface area contributed by atoms with Crippen LogP contribution in [0.3, 0.4) is 0 Å². The Morgan fingerprint density at radius 3 is 1.61 bits per heavy atom. The van der Waals surface area contributed by atoms with Crippen molar-refractivity contribution >= 4 is 23.6 Å². The van der Waals surface area contributed by atoms with Crippen LogP contribution < -0.4 is 15.4 Å². The van der Waals surface area contributed by atoms with Gasteiger partial charge in [-0.3, -0.25) is 10.6 Å². The summed E-state index contributed by atoms with van der Waals surface area (Å²) in [7, 11) is 0. The Kier molecular flexibility index (Phi) is 14.5. The summed E-state index contributed by atoms with van der Waals surface area (Å²) >= 11 is 0. The smallest absolute Gasteiger partial charge is 0.449 e. The molecule has 18 heteroatoms. The fraction of sp³-hybridized carbons (Fsp3) is 0.615. The average molecular weight is 661 g/mol. The summed E-state index contributed by atoms with van der Waals surface area (Å²) in [5.74, 6) is -27.1. The van der Waals surface area contributed by atoms with Crippen molar-refractivity contribution in [3.8, 4) is 5.75 Å². The first-order valence-electron chi connectivity index (χ1n) is 13.3. The monoisotopic (exact) mass is 660 g/mol. The van der Waals surface area contributed by atoms with Crippen LogP contribution in [0.25, 0.3) is 0 Å². The molecule has 0 heterocycles. The van der Waals surface area contributed by atoms with Gasteiger partial charge in [-0.2, -0.15) is 48.3 Å². The van der Waals surface area contributed by atoms with Crippen molar-refractivity contribution in [3.63, 3.8) is 0 Å². The van der Waals surface area contributed by atoms with Gasteiger partial charge in [0.15, 0.2) is 0 Å². The quantitative estimate of drug-likeness (QED) is 0.0987. The van der Waals surface area contributed by atoms with Gasteiger partial charge in [0.05, 0.1) is 24.6 Å². The van der Waals surface area contributed by atoms with Crippen molar-refractivity contribution in [2.75, 3.05) is 23.8 Å². The van der Waals surface area contributed by atoms with Crippen LogP contribution in [-0.2, 0) is 9.47 Å². The number of alkyl halides is 9. The minimum absolute atomic E-state index is 0.00287. The molecule has 0 saturated heterocycles. The van der Waals surface area contributed by atoms with Crippen molar-refractivity contribution in [2.24, 2.45) is 0 Å². The molecule has 0 saturated carbocycles. The molecule has 0 aromatic heterocycles. The lowest BCUT2D eigenvalue weighted by Gasteiger charge is -2.32. The number of hydrogen-bond donors (Lipinski definition) is 2. The molecule has 2 N–H and O–H groups in total. The molecule has 0 aliphatic carbocycles. The molecule has 1 aromatic carbocycles. The summed E-state index contributed by atoms with van der Waals surface area (Å²) in [6.45, 7) is 3.81. The molecule has 0 spiro atoms. The third kappa shape index (κ3) is 10.3. The van der Waals surface area contributed by atoms with E-state index in [-0.39, 0.29) is 18.9 Å². The number of nitrogens with one attached hydrogen (secondary N) is 2. The van der Waals surface area contributed by atoms with Gasteiger partial charge in [0, 0.05) is 6.07 Å². The van der Waals surface area contributed by atoms with Gasteiger partial charge in [0.1, 0.15) is 5.75 Å². The summed E-state index contributed by atoms with van der Waals surface area (Å²) in [4.78, 5) is 24.3. The van der Waals surface area contributed by atoms with Crippen LogP contribution in [0.4, 0.5) is 69.3 Å². The number of amides is 2. The van der Waals surface area contributed by atoms with Crippen molar-refractivity contribution in [1.82, 2.24) is 0 Å². The van der Waals surface area contributed by atoms with Gasteiger partial charge in [0.2, 0.25) is 5.83 Å². The van der Waals surface area contributed by atoms with Gasteiger partial charge in [-0.15, -0.1) is 0 Å². The number of carbonyl (C=O) groups is 2. The maximum atomic E-state index is 14.1.